The van der Waals surface area contributed by atoms with Crippen molar-refractivity contribution >= 4 is 0 Å². The van der Waals surface area contributed by atoms with Gasteiger partial charge in [0, 0.05) is 18.9 Å². The van der Waals surface area contributed by atoms with E-state index in [-0.39, 0.29) is 18.8 Å². The second-order valence-corrected chi connectivity index (χ2v) is 6.56. The molecule has 1 nitrogen and oxygen atoms in total. The Morgan fingerprint density at radius 3 is 2.56 bits per heavy atom. The maximum Gasteiger partial charge on any atom is 0.248 e. The van der Waals surface area contributed by atoms with Crippen LogP contribution in [0, 0.1) is 11.3 Å². The van der Waals surface area contributed by atoms with Gasteiger partial charge in [0.1, 0.15) is 0 Å². The van der Waals surface area contributed by atoms with Crippen LogP contribution in [0.3, 0.4) is 0 Å². The van der Waals surface area contributed by atoms with Gasteiger partial charge in [-0.3, -0.25) is 0 Å². The van der Waals surface area contributed by atoms with Crippen molar-refractivity contribution in [2.24, 2.45) is 11.3 Å². The molecule has 2 atom stereocenters. The lowest BCUT2D eigenvalue weighted by molar-refractivity contribution is -0.0570. The Balaban J connectivity index is 1.84. The quantitative estimate of drug-likeness (QED) is 0.747. The van der Waals surface area contributed by atoms with Gasteiger partial charge in [-0.15, -0.1) is 0 Å². The van der Waals surface area contributed by atoms with E-state index in [0.29, 0.717) is 17.9 Å². The standard InChI is InChI=1S/C15H27F2N/c1-3-9-18-12(2)14(7-8-14)10-13-5-4-6-15(16,17)11-13/h12-13,18H,3-11H2,1-2H3. The van der Waals surface area contributed by atoms with Crippen LogP contribution < -0.4 is 5.32 Å². The van der Waals surface area contributed by atoms with Crippen LogP contribution in [-0.2, 0) is 0 Å². The molecule has 0 heterocycles. The van der Waals surface area contributed by atoms with Gasteiger partial charge in [0.15, 0.2) is 0 Å². The highest BCUT2D eigenvalue weighted by Crippen LogP contribution is 2.55. The maximum absolute atomic E-state index is 13.4. The van der Waals surface area contributed by atoms with Gasteiger partial charge in [-0.05, 0) is 63.3 Å². The molecule has 2 saturated carbocycles. The molecule has 0 radical (unpaired) electrons. The minimum atomic E-state index is -2.39. The van der Waals surface area contributed by atoms with Crippen LogP contribution in [0.4, 0.5) is 8.78 Å². The molecule has 0 bridgehead atoms. The van der Waals surface area contributed by atoms with E-state index in [1.165, 1.54) is 12.8 Å². The minimum absolute atomic E-state index is 0.111. The van der Waals surface area contributed by atoms with E-state index in [0.717, 1.165) is 25.8 Å². The highest BCUT2D eigenvalue weighted by Gasteiger charge is 2.49. The van der Waals surface area contributed by atoms with E-state index < -0.39 is 5.92 Å². The lowest BCUT2D eigenvalue weighted by Gasteiger charge is -2.34. The molecule has 0 aromatic rings. The van der Waals surface area contributed by atoms with Crippen LogP contribution in [0.1, 0.15) is 65.2 Å². The van der Waals surface area contributed by atoms with E-state index in [1.54, 1.807) is 0 Å². The van der Waals surface area contributed by atoms with Crippen molar-refractivity contribution in [3.8, 4) is 0 Å². The predicted molar refractivity (Wildman–Crippen MR) is 70.9 cm³/mol. The lowest BCUT2D eigenvalue weighted by Crippen LogP contribution is -2.38. The van der Waals surface area contributed by atoms with Crippen molar-refractivity contribution in [1.29, 1.82) is 0 Å². The number of hydrogen-bond acceptors (Lipinski definition) is 1. The van der Waals surface area contributed by atoms with Crippen molar-refractivity contribution in [2.45, 2.75) is 77.2 Å². The topological polar surface area (TPSA) is 12.0 Å². The normalized spacial score (nSPS) is 31.0. The fourth-order valence-corrected chi connectivity index (χ4v) is 3.58. The molecule has 2 aliphatic carbocycles. The largest absolute Gasteiger partial charge is 0.314 e. The highest BCUT2D eigenvalue weighted by atomic mass is 19.3. The summed E-state index contributed by atoms with van der Waals surface area (Å²) in [5.74, 6) is -2.14. The molecule has 0 spiro atoms. The third kappa shape index (κ3) is 3.43. The Kier molecular flexibility index (Phi) is 4.30. The highest BCUT2D eigenvalue weighted by molar-refractivity contribution is 5.02. The van der Waals surface area contributed by atoms with Crippen molar-refractivity contribution in [3.05, 3.63) is 0 Å². The smallest absolute Gasteiger partial charge is 0.248 e. The van der Waals surface area contributed by atoms with Gasteiger partial charge in [0.2, 0.25) is 5.92 Å². The zero-order chi connectivity index (χ0) is 13.2. The molecule has 0 aromatic heterocycles. The third-order valence-corrected chi connectivity index (χ3v) is 4.95. The van der Waals surface area contributed by atoms with Gasteiger partial charge in [0.05, 0.1) is 0 Å². The van der Waals surface area contributed by atoms with E-state index in [1.807, 2.05) is 0 Å². The van der Waals surface area contributed by atoms with Crippen LogP contribution in [-0.4, -0.2) is 18.5 Å². The van der Waals surface area contributed by atoms with E-state index in [2.05, 4.69) is 19.2 Å². The van der Waals surface area contributed by atoms with Gasteiger partial charge < -0.3 is 5.32 Å². The molecule has 0 aromatic carbocycles. The first kappa shape index (κ1) is 14.2. The van der Waals surface area contributed by atoms with Crippen molar-refractivity contribution < 1.29 is 8.78 Å². The van der Waals surface area contributed by atoms with Crippen LogP contribution in [0.25, 0.3) is 0 Å². The van der Waals surface area contributed by atoms with Gasteiger partial charge >= 0.3 is 0 Å². The zero-order valence-corrected chi connectivity index (χ0v) is 11.8. The summed E-state index contributed by atoms with van der Waals surface area (Å²) in [5.41, 5.74) is 0.341. The minimum Gasteiger partial charge on any atom is -0.314 e. The summed E-state index contributed by atoms with van der Waals surface area (Å²) in [6, 6.07) is 0.494. The zero-order valence-electron chi connectivity index (χ0n) is 11.8. The molecule has 2 unspecified atom stereocenters. The first-order chi connectivity index (χ1) is 8.47. The molecular weight excluding hydrogens is 232 g/mol. The first-order valence-corrected chi connectivity index (χ1v) is 7.59. The number of nitrogens with one attached hydrogen (secondary N) is 1. The van der Waals surface area contributed by atoms with Gasteiger partial charge in [-0.2, -0.15) is 0 Å². The molecule has 1 N–H and O–H groups in total. The Labute approximate surface area is 110 Å². The molecule has 0 aliphatic heterocycles. The van der Waals surface area contributed by atoms with Crippen molar-refractivity contribution in [1.82, 2.24) is 5.32 Å². The Morgan fingerprint density at radius 2 is 2.00 bits per heavy atom. The predicted octanol–water partition coefficient (Wildman–Crippen LogP) is 4.37. The van der Waals surface area contributed by atoms with Gasteiger partial charge in [0.25, 0.3) is 0 Å². The fourth-order valence-electron chi connectivity index (χ4n) is 3.58. The molecule has 0 amide bonds. The van der Waals surface area contributed by atoms with Crippen LogP contribution in [0.5, 0.6) is 0 Å². The molecule has 2 aliphatic rings. The SMILES string of the molecule is CCCNC(C)C1(CC2CCCC(F)(F)C2)CC1. The van der Waals surface area contributed by atoms with Crippen molar-refractivity contribution in [3.63, 3.8) is 0 Å². The number of rotatable bonds is 6. The maximum atomic E-state index is 13.4. The fraction of sp³-hybridized carbons (Fsp3) is 1.00. The summed E-state index contributed by atoms with van der Waals surface area (Å²) in [6.07, 6.45) is 6.58. The van der Waals surface area contributed by atoms with Gasteiger partial charge in [-0.1, -0.05) is 6.92 Å². The molecule has 0 saturated heterocycles. The molecule has 18 heavy (non-hydrogen) atoms. The van der Waals surface area contributed by atoms with Crippen LogP contribution in [0.2, 0.25) is 0 Å². The first-order valence-electron chi connectivity index (χ1n) is 7.59. The average Bonchev–Trinajstić information content (AvgIpc) is 3.05. The lowest BCUT2D eigenvalue weighted by atomic mass is 9.77. The second-order valence-electron chi connectivity index (χ2n) is 6.56. The molecule has 2 rings (SSSR count). The number of halogens is 2. The van der Waals surface area contributed by atoms with Crippen molar-refractivity contribution in [2.75, 3.05) is 6.54 Å². The molecule has 106 valence electrons. The Hall–Kier alpha value is -0.180. The summed E-state index contributed by atoms with van der Waals surface area (Å²) >= 11 is 0. The number of hydrogen-bond donors (Lipinski definition) is 1. The molecular formula is C15H27F2N. The van der Waals surface area contributed by atoms with Crippen LogP contribution >= 0.6 is 0 Å². The summed E-state index contributed by atoms with van der Waals surface area (Å²) in [5, 5.41) is 3.56. The monoisotopic (exact) mass is 259 g/mol. The van der Waals surface area contributed by atoms with Gasteiger partial charge in [-0.25, -0.2) is 8.78 Å². The third-order valence-electron chi connectivity index (χ3n) is 4.95. The number of alkyl halides is 2. The molecule has 2 fully saturated rings. The summed E-state index contributed by atoms with van der Waals surface area (Å²) in [4.78, 5) is 0. The molecule has 3 heteroatoms. The van der Waals surface area contributed by atoms with E-state index in [9.17, 15) is 8.78 Å². The summed E-state index contributed by atoms with van der Waals surface area (Å²) < 4.78 is 26.9. The average molecular weight is 259 g/mol. The van der Waals surface area contributed by atoms with E-state index >= 15 is 0 Å². The summed E-state index contributed by atoms with van der Waals surface area (Å²) in [6.45, 7) is 5.45. The Morgan fingerprint density at radius 1 is 1.28 bits per heavy atom. The van der Waals surface area contributed by atoms with Crippen LogP contribution in [0.15, 0.2) is 0 Å². The summed E-state index contributed by atoms with van der Waals surface area (Å²) in [7, 11) is 0. The Bertz CT molecular complexity index is 274. The second kappa shape index (κ2) is 5.44. The van der Waals surface area contributed by atoms with E-state index in [4.69, 9.17) is 0 Å².